The van der Waals surface area contributed by atoms with E-state index in [-0.39, 0.29) is 0 Å². The molecule has 0 saturated carbocycles. The van der Waals surface area contributed by atoms with Gasteiger partial charge in [-0.05, 0) is 6.92 Å². The van der Waals surface area contributed by atoms with Gasteiger partial charge in [0, 0.05) is 4.92 Å². The van der Waals surface area contributed by atoms with Crippen molar-refractivity contribution in [2.45, 2.75) is 19.6 Å². The number of aryl methyl sites for hydroxylation is 1. The van der Waals surface area contributed by atoms with Crippen LogP contribution in [-0.4, -0.2) is 14.9 Å². The minimum Gasteiger partial charge on any atom is -0.264 e. The first kappa shape index (κ1) is 12.3. The van der Waals surface area contributed by atoms with Gasteiger partial charge in [0.15, 0.2) is 5.69 Å². The molecule has 16 heavy (non-hydrogen) atoms. The van der Waals surface area contributed by atoms with Gasteiger partial charge in [-0.1, -0.05) is 0 Å². The summed E-state index contributed by atoms with van der Waals surface area (Å²) in [7, 11) is 0. The van der Waals surface area contributed by atoms with Crippen molar-refractivity contribution < 1.29 is 22.5 Å². The first-order chi connectivity index (χ1) is 7.21. The van der Waals surface area contributed by atoms with Crippen LogP contribution >= 0.6 is 0 Å². The minimum absolute atomic E-state index is 0.392. The molecule has 0 unspecified atom stereocenters. The van der Waals surface area contributed by atoms with Gasteiger partial charge in [0.2, 0.25) is 6.54 Å². The molecule has 0 saturated heterocycles. The van der Waals surface area contributed by atoms with Crippen molar-refractivity contribution in [3.63, 3.8) is 0 Å². The van der Waals surface area contributed by atoms with Gasteiger partial charge in [-0.25, -0.2) is 4.98 Å². The first-order valence-electron chi connectivity index (χ1n) is 3.94. The second kappa shape index (κ2) is 3.99. The summed E-state index contributed by atoms with van der Waals surface area (Å²) in [5, 5.41) is 10.2. The van der Waals surface area contributed by atoms with E-state index < -0.39 is 40.7 Å². The summed E-state index contributed by atoms with van der Waals surface area (Å²) in [4.78, 5) is 14.8. The lowest BCUT2D eigenvalue weighted by Crippen LogP contribution is -2.18. The van der Waals surface area contributed by atoms with Crippen molar-refractivity contribution >= 4 is 0 Å². The lowest BCUT2D eigenvalue weighted by molar-refractivity contribution is -0.497. The summed E-state index contributed by atoms with van der Waals surface area (Å²) in [6.07, 6.45) is -6.50. The molecular weight excluding hydrogens is 234 g/mol. The highest BCUT2D eigenvalue weighted by atomic mass is 19.4. The Kier molecular flexibility index (Phi) is 3.06. The number of rotatable bonds is 2. The van der Waals surface area contributed by atoms with E-state index in [0.29, 0.717) is 0 Å². The normalized spacial score (nSPS) is 11.6. The molecule has 0 aliphatic carbocycles. The summed E-state index contributed by atoms with van der Waals surface area (Å²) in [5.41, 5.74) is -2.72. The molecule has 5 nitrogen and oxygen atoms in total. The lowest BCUT2D eigenvalue weighted by Gasteiger charge is -2.10. The minimum atomic E-state index is -4.94. The zero-order valence-corrected chi connectivity index (χ0v) is 7.88. The van der Waals surface area contributed by atoms with Gasteiger partial charge in [0.25, 0.3) is 0 Å². The standard InChI is InChI=1S/C7H5F4N3O2/c1-3-4(2-14(15)16)5(7(9,10)11)13-6(8)12-3/h2H2,1H3. The maximum absolute atomic E-state index is 12.6. The van der Waals surface area contributed by atoms with Crippen molar-refractivity contribution in [2.24, 2.45) is 0 Å². The average Bonchev–Trinajstić information content (AvgIpc) is 2.06. The van der Waals surface area contributed by atoms with Crippen LogP contribution in [0, 0.1) is 23.1 Å². The van der Waals surface area contributed by atoms with Crippen LogP contribution in [0.2, 0.25) is 0 Å². The van der Waals surface area contributed by atoms with Crippen molar-refractivity contribution in [2.75, 3.05) is 0 Å². The molecule has 0 spiro atoms. The van der Waals surface area contributed by atoms with Gasteiger partial charge in [-0.3, -0.25) is 10.1 Å². The van der Waals surface area contributed by atoms with Gasteiger partial charge < -0.3 is 0 Å². The first-order valence-corrected chi connectivity index (χ1v) is 3.94. The number of hydrogen-bond donors (Lipinski definition) is 0. The Morgan fingerprint density at radius 2 is 1.94 bits per heavy atom. The molecule has 0 aromatic carbocycles. The van der Waals surface area contributed by atoms with E-state index in [1.54, 1.807) is 0 Å². The molecule has 1 aromatic heterocycles. The molecule has 1 rings (SSSR count). The van der Waals surface area contributed by atoms with Crippen LogP contribution < -0.4 is 0 Å². The Bertz CT molecular complexity index is 432. The molecule has 0 bridgehead atoms. The zero-order valence-electron chi connectivity index (χ0n) is 7.88. The predicted molar refractivity (Wildman–Crippen MR) is 42.4 cm³/mol. The van der Waals surface area contributed by atoms with Crippen molar-refractivity contribution in [3.8, 4) is 0 Å². The van der Waals surface area contributed by atoms with Gasteiger partial charge in [0.05, 0.1) is 11.3 Å². The number of alkyl halides is 3. The van der Waals surface area contributed by atoms with Gasteiger partial charge in [-0.15, -0.1) is 0 Å². The summed E-state index contributed by atoms with van der Waals surface area (Å²) < 4.78 is 49.7. The molecule has 88 valence electrons. The Balaban J connectivity index is 3.38. The molecule has 0 fully saturated rings. The maximum Gasteiger partial charge on any atom is 0.434 e. The second-order valence-electron chi connectivity index (χ2n) is 2.89. The second-order valence-corrected chi connectivity index (χ2v) is 2.89. The van der Waals surface area contributed by atoms with Crippen LogP contribution in [0.4, 0.5) is 17.6 Å². The molecule has 0 aliphatic heterocycles. The number of hydrogen-bond acceptors (Lipinski definition) is 4. The molecule has 1 aromatic rings. The maximum atomic E-state index is 12.6. The smallest absolute Gasteiger partial charge is 0.264 e. The predicted octanol–water partition coefficient (Wildman–Crippen LogP) is 1.72. The van der Waals surface area contributed by atoms with Crippen molar-refractivity contribution in [1.82, 2.24) is 9.97 Å². The molecule has 9 heteroatoms. The van der Waals surface area contributed by atoms with E-state index in [1.807, 2.05) is 0 Å². The molecule has 0 radical (unpaired) electrons. The molecule has 0 amide bonds. The Hall–Kier alpha value is -1.80. The summed E-state index contributed by atoms with van der Waals surface area (Å²) in [6, 6.07) is 0. The Morgan fingerprint density at radius 3 is 2.38 bits per heavy atom. The van der Waals surface area contributed by atoms with Crippen LogP contribution in [0.5, 0.6) is 0 Å². The fourth-order valence-corrected chi connectivity index (χ4v) is 1.11. The van der Waals surface area contributed by atoms with Crippen LogP contribution in [0.15, 0.2) is 0 Å². The number of aromatic nitrogens is 2. The van der Waals surface area contributed by atoms with E-state index in [9.17, 15) is 27.7 Å². The third-order valence-electron chi connectivity index (χ3n) is 1.74. The fourth-order valence-electron chi connectivity index (χ4n) is 1.11. The Labute approximate surface area is 86.3 Å². The van der Waals surface area contributed by atoms with Gasteiger partial charge in [0.1, 0.15) is 0 Å². The number of nitrogens with zero attached hydrogens (tertiary/aromatic N) is 3. The van der Waals surface area contributed by atoms with Crippen molar-refractivity contribution in [3.05, 3.63) is 33.1 Å². The van der Waals surface area contributed by atoms with Crippen LogP contribution in [0.3, 0.4) is 0 Å². The van der Waals surface area contributed by atoms with Gasteiger partial charge >= 0.3 is 12.3 Å². The monoisotopic (exact) mass is 239 g/mol. The molecule has 0 aliphatic rings. The highest BCUT2D eigenvalue weighted by Gasteiger charge is 2.38. The SMILES string of the molecule is Cc1nc(F)nc(C(F)(F)F)c1C[N+](=O)[O-]. The molecule has 1 heterocycles. The van der Waals surface area contributed by atoms with E-state index in [0.717, 1.165) is 6.92 Å². The highest BCUT2D eigenvalue weighted by molar-refractivity contribution is 5.25. The van der Waals surface area contributed by atoms with Crippen LogP contribution in [0.25, 0.3) is 0 Å². The summed E-state index contributed by atoms with van der Waals surface area (Å²) in [6.45, 7) is -0.0419. The van der Waals surface area contributed by atoms with E-state index >= 15 is 0 Å². The van der Waals surface area contributed by atoms with E-state index in [4.69, 9.17) is 0 Å². The Morgan fingerprint density at radius 1 is 1.38 bits per heavy atom. The average molecular weight is 239 g/mol. The third-order valence-corrected chi connectivity index (χ3v) is 1.74. The number of nitro groups is 1. The number of halogens is 4. The van der Waals surface area contributed by atoms with E-state index in [1.165, 1.54) is 0 Å². The fraction of sp³-hybridized carbons (Fsp3) is 0.429. The van der Waals surface area contributed by atoms with Gasteiger partial charge in [-0.2, -0.15) is 22.5 Å². The van der Waals surface area contributed by atoms with Crippen LogP contribution in [0.1, 0.15) is 17.0 Å². The third kappa shape index (κ3) is 2.61. The highest BCUT2D eigenvalue weighted by Crippen LogP contribution is 2.31. The van der Waals surface area contributed by atoms with Crippen molar-refractivity contribution in [1.29, 1.82) is 0 Å². The quantitative estimate of drug-likeness (QED) is 0.341. The lowest BCUT2D eigenvalue weighted by atomic mass is 10.1. The molecule has 0 N–H and O–H groups in total. The topological polar surface area (TPSA) is 68.9 Å². The van der Waals surface area contributed by atoms with Crippen LogP contribution in [-0.2, 0) is 12.7 Å². The summed E-state index contributed by atoms with van der Waals surface area (Å²) in [5.74, 6) is 0. The summed E-state index contributed by atoms with van der Waals surface area (Å²) >= 11 is 0. The zero-order chi connectivity index (χ0) is 12.5. The molecular formula is C7H5F4N3O2. The van der Waals surface area contributed by atoms with E-state index in [2.05, 4.69) is 9.97 Å². The molecule has 0 atom stereocenters. The largest absolute Gasteiger partial charge is 0.434 e.